The van der Waals surface area contributed by atoms with Gasteiger partial charge in [-0.05, 0) is 6.42 Å². The Hall–Kier alpha value is -0.470. The molecule has 0 aromatic carbocycles. The van der Waals surface area contributed by atoms with Gasteiger partial charge in [0.05, 0.1) is 19.3 Å². The number of hydrogen-bond donors (Lipinski definition) is 7. The highest BCUT2D eigenvalue weighted by Crippen LogP contribution is 2.35. The van der Waals surface area contributed by atoms with Gasteiger partial charge in [-0.1, -0.05) is 6.92 Å². The molecule has 0 saturated carbocycles. The van der Waals surface area contributed by atoms with Crippen LogP contribution >= 0.6 is 0 Å². The lowest BCUT2D eigenvalue weighted by Crippen LogP contribution is -2.68. The molecule has 0 amide bonds. The van der Waals surface area contributed by atoms with Crippen molar-refractivity contribution in [3.63, 3.8) is 0 Å². The van der Waals surface area contributed by atoms with Gasteiger partial charge in [0.25, 0.3) is 5.85 Å². The van der Waals surface area contributed by atoms with E-state index in [0.717, 1.165) is 0 Å². The zero-order chi connectivity index (χ0) is 18.9. The molecule has 7 N–H and O–H groups in total. The molecule has 148 valence electrons. The third-order valence-corrected chi connectivity index (χ3v) is 4.57. The van der Waals surface area contributed by atoms with Crippen molar-refractivity contribution in [1.29, 1.82) is 0 Å². The summed E-state index contributed by atoms with van der Waals surface area (Å²) < 4.78 is 29.9. The van der Waals surface area contributed by atoms with Gasteiger partial charge in [-0.2, -0.15) is 0 Å². The minimum atomic E-state index is -3.57. The maximum absolute atomic E-state index is 14.4. The lowest BCUT2D eigenvalue weighted by molar-refractivity contribution is -0.401. The van der Waals surface area contributed by atoms with Gasteiger partial charge in [-0.15, -0.1) is 0 Å². The van der Waals surface area contributed by atoms with Crippen LogP contribution in [0.15, 0.2) is 0 Å². The summed E-state index contributed by atoms with van der Waals surface area (Å²) in [6, 6.07) is 0. The number of hydrogen-bond acceptors (Lipinski definition) is 10. The molecule has 2 fully saturated rings. The van der Waals surface area contributed by atoms with Crippen LogP contribution in [0.1, 0.15) is 13.3 Å². The SMILES string of the molecule is CCC1O[C@H](CO)[C@@H](O[C@@H]2O[C@H](CO)[C@H](O)[C@H](O)[C@]2(O)[18F])[C@H](O)[C@H]1O. The van der Waals surface area contributed by atoms with Gasteiger partial charge in [0.2, 0.25) is 6.29 Å². The fourth-order valence-electron chi connectivity index (χ4n) is 3.01. The van der Waals surface area contributed by atoms with Crippen molar-refractivity contribution < 1.29 is 54.3 Å². The Morgan fingerprint density at radius 2 is 1.52 bits per heavy atom. The number of halogens is 1. The highest BCUT2D eigenvalue weighted by atomic mass is 18.2. The van der Waals surface area contributed by atoms with E-state index in [4.69, 9.17) is 19.3 Å². The Morgan fingerprint density at radius 1 is 0.920 bits per heavy atom. The van der Waals surface area contributed by atoms with Gasteiger partial charge in [0.1, 0.15) is 42.7 Å². The first-order chi connectivity index (χ1) is 11.7. The van der Waals surface area contributed by atoms with Crippen LogP contribution in [0.5, 0.6) is 0 Å². The number of aliphatic hydroxyl groups is 7. The summed E-state index contributed by atoms with van der Waals surface area (Å²) in [5.41, 5.74) is 0. The highest BCUT2D eigenvalue weighted by Gasteiger charge is 2.58. The maximum Gasteiger partial charge on any atom is 0.287 e. The van der Waals surface area contributed by atoms with Crippen molar-refractivity contribution in [2.75, 3.05) is 13.2 Å². The second kappa shape index (κ2) is 8.05. The van der Waals surface area contributed by atoms with E-state index in [1.807, 2.05) is 0 Å². The smallest absolute Gasteiger partial charge is 0.287 e. The summed E-state index contributed by atoms with van der Waals surface area (Å²) in [7, 11) is 0. The summed E-state index contributed by atoms with van der Waals surface area (Å²) in [5.74, 6) is -3.57. The van der Waals surface area contributed by atoms with E-state index in [1.54, 1.807) is 6.92 Å². The van der Waals surface area contributed by atoms with E-state index in [1.165, 1.54) is 0 Å². The van der Waals surface area contributed by atoms with E-state index >= 15 is 0 Å². The molecular formula is C14H25FO10. The molecule has 25 heavy (non-hydrogen) atoms. The second-order valence-electron chi connectivity index (χ2n) is 6.24. The molecule has 0 bridgehead atoms. The van der Waals surface area contributed by atoms with Crippen LogP contribution in [0.2, 0.25) is 0 Å². The lowest BCUT2D eigenvalue weighted by Gasteiger charge is -2.47. The summed E-state index contributed by atoms with van der Waals surface area (Å²) >= 11 is 0. The third-order valence-electron chi connectivity index (χ3n) is 4.57. The van der Waals surface area contributed by atoms with Crippen molar-refractivity contribution in [1.82, 2.24) is 0 Å². The van der Waals surface area contributed by atoms with E-state index < -0.39 is 74.2 Å². The summed E-state index contributed by atoms with van der Waals surface area (Å²) in [5, 5.41) is 67.8. The lowest BCUT2D eigenvalue weighted by atomic mass is 9.93. The van der Waals surface area contributed by atoms with E-state index in [2.05, 4.69) is 0 Å². The fraction of sp³-hybridized carbons (Fsp3) is 1.00. The summed E-state index contributed by atoms with van der Waals surface area (Å²) in [4.78, 5) is 0. The fourth-order valence-corrected chi connectivity index (χ4v) is 3.01. The van der Waals surface area contributed by atoms with Gasteiger partial charge in [0, 0.05) is 0 Å². The van der Waals surface area contributed by atoms with E-state index in [0.29, 0.717) is 6.42 Å². The van der Waals surface area contributed by atoms with Crippen LogP contribution in [0.25, 0.3) is 0 Å². The third kappa shape index (κ3) is 3.81. The Kier molecular flexibility index (Phi) is 6.71. The predicted molar refractivity (Wildman–Crippen MR) is 76.7 cm³/mol. The van der Waals surface area contributed by atoms with Gasteiger partial charge in [-0.25, -0.2) is 4.39 Å². The van der Waals surface area contributed by atoms with E-state index in [9.17, 15) is 35.0 Å². The molecule has 0 aliphatic carbocycles. The van der Waals surface area contributed by atoms with Crippen LogP contribution in [0.4, 0.5) is 4.39 Å². The largest absolute Gasteiger partial charge is 0.394 e. The Balaban J connectivity index is 2.20. The van der Waals surface area contributed by atoms with Crippen molar-refractivity contribution in [2.24, 2.45) is 0 Å². The number of ether oxygens (including phenoxy) is 3. The first kappa shape index (κ1) is 20.8. The molecule has 11 heteroatoms. The zero-order valence-corrected chi connectivity index (χ0v) is 13.6. The normalized spacial score (nSPS) is 51.5. The number of aliphatic hydroxyl groups excluding tert-OH is 6. The maximum atomic E-state index is 14.4. The Bertz CT molecular complexity index is 436. The quantitative estimate of drug-likeness (QED) is 0.256. The Morgan fingerprint density at radius 3 is 2.04 bits per heavy atom. The molecule has 1 unspecified atom stereocenters. The zero-order valence-electron chi connectivity index (χ0n) is 13.6. The molecule has 2 aliphatic rings. The molecule has 0 spiro atoms. The van der Waals surface area contributed by atoms with Crippen molar-refractivity contribution >= 4 is 0 Å². The van der Waals surface area contributed by atoms with Crippen LogP contribution in [-0.2, 0) is 14.2 Å². The number of rotatable bonds is 5. The monoisotopic (exact) mass is 371 g/mol. The minimum absolute atomic E-state index is 0.325. The first-order valence-corrected chi connectivity index (χ1v) is 8.00. The topological polar surface area (TPSA) is 169 Å². The second-order valence-corrected chi connectivity index (χ2v) is 6.24. The molecule has 10 nitrogen and oxygen atoms in total. The van der Waals surface area contributed by atoms with Gasteiger partial charge < -0.3 is 50.0 Å². The molecule has 2 aliphatic heterocycles. The average molecular weight is 371 g/mol. The molecule has 10 atom stereocenters. The predicted octanol–water partition coefficient (Wildman–Crippen LogP) is -3.64. The van der Waals surface area contributed by atoms with Gasteiger partial charge in [0.15, 0.2) is 0 Å². The van der Waals surface area contributed by atoms with E-state index in [-0.39, 0.29) is 0 Å². The molecule has 0 radical (unpaired) electrons. The van der Waals surface area contributed by atoms with Crippen molar-refractivity contribution in [3.05, 3.63) is 0 Å². The molecule has 0 aromatic rings. The van der Waals surface area contributed by atoms with Crippen LogP contribution < -0.4 is 0 Å². The Labute approximate surface area is 143 Å². The van der Waals surface area contributed by atoms with Gasteiger partial charge in [-0.3, -0.25) is 0 Å². The van der Waals surface area contributed by atoms with Crippen molar-refractivity contribution in [3.8, 4) is 0 Å². The van der Waals surface area contributed by atoms with Gasteiger partial charge >= 0.3 is 0 Å². The minimum Gasteiger partial charge on any atom is -0.394 e. The van der Waals surface area contributed by atoms with Crippen molar-refractivity contribution in [2.45, 2.75) is 74.3 Å². The molecule has 2 heterocycles. The highest BCUT2D eigenvalue weighted by molar-refractivity contribution is 4.97. The molecular weight excluding hydrogens is 346 g/mol. The molecule has 2 saturated heterocycles. The number of alkyl halides is 1. The standard InChI is InChI=1S/C14H25FO10/c1-2-5-8(18)10(20)11(7(4-17)23-5)25-13-14(15,22)12(21)9(19)6(3-16)24-13/h5-13,16-22H,2-4H2,1H3/t5?,6-,7-,8+,9+,10-,11-,12+,13+,14-/m1/s1/i15-1. The van der Waals surface area contributed by atoms with Crippen LogP contribution in [0.3, 0.4) is 0 Å². The summed E-state index contributed by atoms with van der Waals surface area (Å²) in [6.07, 6.45) is -14.1. The summed E-state index contributed by atoms with van der Waals surface area (Å²) in [6.45, 7) is 0.239. The van der Waals surface area contributed by atoms with Crippen LogP contribution in [0, 0.1) is 0 Å². The molecule has 2 rings (SSSR count). The van der Waals surface area contributed by atoms with Crippen LogP contribution in [-0.4, -0.2) is 110 Å². The first-order valence-electron chi connectivity index (χ1n) is 8.00. The average Bonchev–Trinajstić information content (AvgIpc) is 2.59. The molecule has 0 aromatic heterocycles.